The maximum atomic E-state index is 5.94. The number of halogens is 2. The second kappa shape index (κ2) is 5.63. The molecule has 0 atom stereocenters. The molecule has 5 heteroatoms. The second-order valence-corrected chi connectivity index (χ2v) is 3.94. The monoisotopic (exact) mass is 278 g/mol. The average Bonchev–Trinajstić information content (AvgIpc) is 2.19. The third-order valence-corrected chi connectivity index (χ3v) is 3.13. The van der Waals surface area contributed by atoms with Crippen LogP contribution in [-0.2, 0) is 17.6 Å². The van der Waals surface area contributed by atoms with Crippen LogP contribution in [0, 0.1) is 0 Å². The minimum absolute atomic E-state index is 0.475. The van der Waals surface area contributed by atoms with Crippen molar-refractivity contribution in [2.24, 2.45) is 0 Å². The molecule has 0 N–H and O–H groups in total. The molecule has 0 aliphatic rings. The van der Waals surface area contributed by atoms with Crippen LogP contribution in [0.3, 0.4) is 0 Å². The smallest absolute Gasteiger partial charge is 0.147 e. The molecule has 14 heavy (non-hydrogen) atoms. The Morgan fingerprint density at radius 2 is 2.14 bits per heavy atom. The normalized spacial score (nSPS) is 10.6. The van der Waals surface area contributed by atoms with E-state index < -0.39 is 0 Å². The van der Waals surface area contributed by atoms with Crippen molar-refractivity contribution in [3.63, 3.8) is 0 Å². The zero-order chi connectivity index (χ0) is 10.6. The number of hydrogen-bond donors (Lipinski definition) is 0. The summed E-state index contributed by atoms with van der Waals surface area (Å²) in [6.45, 7) is 2.64. The van der Waals surface area contributed by atoms with Crippen LogP contribution in [0.1, 0.15) is 18.4 Å². The predicted molar refractivity (Wildman–Crippen MR) is 59.7 cm³/mol. The van der Waals surface area contributed by atoms with Gasteiger partial charge in [-0.05, 0) is 22.4 Å². The molecular weight excluding hydrogens is 267 g/mol. The Morgan fingerprint density at radius 3 is 2.71 bits per heavy atom. The lowest BCUT2D eigenvalue weighted by Crippen LogP contribution is -2.04. The van der Waals surface area contributed by atoms with Gasteiger partial charge in [0.25, 0.3) is 0 Å². The number of aromatic nitrogens is 2. The lowest BCUT2D eigenvalue weighted by molar-refractivity contribution is 0.200. The van der Waals surface area contributed by atoms with Crippen LogP contribution < -0.4 is 0 Å². The second-order valence-electron chi connectivity index (χ2n) is 2.79. The Morgan fingerprint density at radius 1 is 1.43 bits per heavy atom. The summed E-state index contributed by atoms with van der Waals surface area (Å²) in [5, 5.41) is 0.475. The third-order valence-electron chi connectivity index (χ3n) is 1.79. The van der Waals surface area contributed by atoms with Gasteiger partial charge in [-0.25, -0.2) is 9.97 Å². The molecule has 1 rings (SSSR count). The predicted octanol–water partition coefficient (Wildman–Crippen LogP) is 2.64. The molecule has 0 bridgehead atoms. The molecule has 0 saturated heterocycles. The van der Waals surface area contributed by atoms with Crippen molar-refractivity contribution in [2.75, 3.05) is 13.7 Å². The first-order valence-electron chi connectivity index (χ1n) is 4.38. The fraction of sp³-hybridized carbons (Fsp3) is 0.556. The van der Waals surface area contributed by atoms with Crippen LogP contribution in [-0.4, -0.2) is 23.7 Å². The zero-order valence-electron chi connectivity index (χ0n) is 8.18. The van der Waals surface area contributed by atoms with Crippen molar-refractivity contribution in [1.82, 2.24) is 9.97 Å². The average molecular weight is 280 g/mol. The summed E-state index contributed by atoms with van der Waals surface area (Å²) in [4.78, 5) is 8.51. The largest absolute Gasteiger partial charge is 0.384 e. The molecule has 3 nitrogen and oxygen atoms in total. The van der Waals surface area contributed by atoms with E-state index in [2.05, 4.69) is 25.9 Å². The van der Waals surface area contributed by atoms with E-state index >= 15 is 0 Å². The van der Waals surface area contributed by atoms with E-state index in [4.69, 9.17) is 16.3 Å². The quantitative estimate of drug-likeness (QED) is 0.795. The standard InChI is InChI=1S/C9H12BrClN2O/c1-3-6-8(10)9(11)13-7(12-6)4-5-14-2/h3-5H2,1-2H3. The molecular formula is C9H12BrClN2O. The van der Waals surface area contributed by atoms with Crippen molar-refractivity contribution < 1.29 is 4.74 Å². The minimum Gasteiger partial charge on any atom is -0.384 e. The number of nitrogens with zero attached hydrogens (tertiary/aromatic N) is 2. The lowest BCUT2D eigenvalue weighted by Gasteiger charge is -2.05. The molecule has 0 aliphatic heterocycles. The van der Waals surface area contributed by atoms with Gasteiger partial charge in [0.1, 0.15) is 11.0 Å². The fourth-order valence-electron chi connectivity index (χ4n) is 1.05. The molecule has 0 aliphatic carbocycles. The summed E-state index contributed by atoms with van der Waals surface area (Å²) in [6.07, 6.45) is 1.53. The van der Waals surface area contributed by atoms with Gasteiger partial charge in [-0.15, -0.1) is 0 Å². The lowest BCUT2D eigenvalue weighted by atomic mass is 10.3. The van der Waals surface area contributed by atoms with Gasteiger partial charge in [-0.1, -0.05) is 18.5 Å². The Hall–Kier alpha value is -0.190. The van der Waals surface area contributed by atoms with Gasteiger partial charge in [0.2, 0.25) is 0 Å². The van der Waals surface area contributed by atoms with Crippen molar-refractivity contribution in [3.05, 3.63) is 21.1 Å². The Bertz CT molecular complexity index is 320. The SMILES string of the molecule is CCc1nc(CCOC)nc(Cl)c1Br. The molecule has 0 unspecified atom stereocenters. The van der Waals surface area contributed by atoms with Gasteiger partial charge < -0.3 is 4.74 Å². The van der Waals surface area contributed by atoms with Crippen LogP contribution in [0.4, 0.5) is 0 Å². The highest BCUT2D eigenvalue weighted by molar-refractivity contribution is 9.10. The van der Waals surface area contributed by atoms with E-state index in [1.54, 1.807) is 7.11 Å². The van der Waals surface area contributed by atoms with Crippen LogP contribution in [0.5, 0.6) is 0 Å². The maximum absolute atomic E-state index is 5.94. The van der Waals surface area contributed by atoms with Gasteiger partial charge in [0, 0.05) is 13.5 Å². The first-order chi connectivity index (χ1) is 6.69. The fourth-order valence-corrected chi connectivity index (χ4v) is 1.72. The molecule has 1 aromatic rings. The van der Waals surface area contributed by atoms with Crippen LogP contribution in [0.25, 0.3) is 0 Å². The van der Waals surface area contributed by atoms with Gasteiger partial charge in [-0.3, -0.25) is 0 Å². The topological polar surface area (TPSA) is 35.0 Å². The third kappa shape index (κ3) is 2.90. The molecule has 1 aromatic heterocycles. The molecule has 0 saturated carbocycles. The van der Waals surface area contributed by atoms with Crippen LogP contribution in [0.15, 0.2) is 4.47 Å². The first-order valence-corrected chi connectivity index (χ1v) is 5.55. The number of rotatable bonds is 4. The van der Waals surface area contributed by atoms with Crippen LogP contribution >= 0.6 is 27.5 Å². The number of methoxy groups -OCH3 is 1. The van der Waals surface area contributed by atoms with E-state index in [1.807, 2.05) is 6.92 Å². The van der Waals surface area contributed by atoms with E-state index in [0.717, 1.165) is 22.4 Å². The highest BCUT2D eigenvalue weighted by atomic mass is 79.9. The summed E-state index contributed by atoms with van der Waals surface area (Å²) in [5.41, 5.74) is 0.941. The Kier molecular flexibility index (Phi) is 4.78. The molecule has 78 valence electrons. The zero-order valence-corrected chi connectivity index (χ0v) is 10.5. The van der Waals surface area contributed by atoms with Gasteiger partial charge in [0.15, 0.2) is 0 Å². The summed E-state index contributed by atoms with van der Waals surface area (Å²) in [6, 6.07) is 0. The van der Waals surface area contributed by atoms with E-state index in [0.29, 0.717) is 18.2 Å². The Labute approximate surface area is 97.0 Å². The van der Waals surface area contributed by atoms with Crippen molar-refractivity contribution in [1.29, 1.82) is 0 Å². The van der Waals surface area contributed by atoms with Gasteiger partial charge in [0.05, 0.1) is 16.8 Å². The maximum Gasteiger partial charge on any atom is 0.147 e. The van der Waals surface area contributed by atoms with Crippen molar-refractivity contribution in [2.45, 2.75) is 19.8 Å². The summed E-state index contributed by atoms with van der Waals surface area (Å²) in [7, 11) is 1.65. The summed E-state index contributed by atoms with van der Waals surface area (Å²) < 4.78 is 5.75. The highest BCUT2D eigenvalue weighted by Crippen LogP contribution is 2.23. The molecule has 0 fully saturated rings. The Balaban J connectivity index is 2.91. The summed E-state index contributed by atoms with van der Waals surface area (Å²) in [5.74, 6) is 0.733. The minimum atomic E-state index is 0.475. The van der Waals surface area contributed by atoms with Gasteiger partial charge >= 0.3 is 0 Å². The number of ether oxygens (including phenoxy) is 1. The molecule has 1 heterocycles. The molecule has 0 amide bonds. The van der Waals surface area contributed by atoms with Crippen molar-refractivity contribution >= 4 is 27.5 Å². The van der Waals surface area contributed by atoms with Gasteiger partial charge in [-0.2, -0.15) is 0 Å². The molecule has 0 aromatic carbocycles. The first kappa shape index (κ1) is 11.9. The van der Waals surface area contributed by atoms with Crippen molar-refractivity contribution in [3.8, 4) is 0 Å². The van der Waals surface area contributed by atoms with E-state index in [9.17, 15) is 0 Å². The van der Waals surface area contributed by atoms with E-state index in [-0.39, 0.29) is 0 Å². The highest BCUT2D eigenvalue weighted by Gasteiger charge is 2.08. The summed E-state index contributed by atoms with van der Waals surface area (Å²) >= 11 is 9.29. The molecule has 0 spiro atoms. The van der Waals surface area contributed by atoms with E-state index in [1.165, 1.54) is 0 Å². The molecule has 0 radical (unpaired) electrons. The number of hydrogen-bond acceptors (Lipinski definition) is 3. The van der Waals surface area contributed by atoms with Crippen LogP contribution in [0.2, 0.25) is 5.15 Å². The number of aryl methyl sites for hydroxylation is 1.